The minimum absolute atomic E-state index is 0.162. The number of amides is 1. The van der Waals surface area contributed by atoms with Gasteiger partial charge in [-0.2, -0.15) is 0 Å². The van der Waals surface area contributed by atoms with Gasteiger partial charge in [0, 0.05) is 12.1 Å². The molecule has 1 amide bonds. The Morgan fingerprint density at radius 1 is 1.12 bits per heavy atom. The molecule has 0 saturated carbocycles. The molecular weight excluding hydrogens is 310 g/mol. The summed E-state index contributed by atoms with van der Waals surface area (Å²) in [5.41, 5.74) is 0.240. The molecule has 1 fully saturated rings. The van der Waals surface area contributed by atoms with Gasteiger partial charge in [0.15, 0.2) is 6.61 Å². The summed E-state index contributed by atoms with van der Waals surface area (Å²) >= 11 is 0. The topological polar surface area (TPSA) is 65.1 Å². The van der Waals surface area contributed by atoms with E-state index in [1.54, 1.807) is 12.1 Å². The average Bonchev–Trinajstić information content (AvgIpc) is 2.58. The van der Waals surface area contributed by atoms with Crippen molar-refractivity contribution in [1.82, 2.24) is 4.90 Å². The zero-order chi connectivity index (χ0) is 17.7. The third-order valence-electron chi connectivity index (χ3n) is 4.43. The second-order valence-corrected chi connectivity index (χ2v) is 6.07. The van der Waals surface area contributed by atoms with Crippen LogP contribution in [0.5, 0.6) is 11.5 Å². The van der Waals surface area contributed by atoms with E-state index in [-0.39, 0.29) is 30.2 Å². The second kappa shape index (κ2) is 8.04. The van der Waals surface area contributed by atoms with Crippen LogP contribution in [0.25, 0.3) is 0 Å². The van der Waals surface area contributed by atoms with Crippen LogP contribution < -0.4 is 9.47 Å². The van der Waals surface area contributed by atoms with E-state index < -0.39 is 5.97 Å². The molecule has 24 heavy (non-hydrogen) atoms. The van der Waals surface area contributed by atoms with Crippen molar-refractivity contribution in [3.8, 4) is 11.5 Å². The Morgan fingerprint density at radius 3 is 2.38 bits per heavy atom. The number of ether oxygens (including phenoxy) is 3. The molecule has 1 aromatic carbocycles. The van der Waals surface area contributed by atoms with E-state index in [0.717, 1.165) is 19.3 Å². The molecule has 2 atom stereocenters. The number of likely N-dealkylation sites (tertiary alicyclic amines) is 1. The SMILES string of the molecule is COc1ccc(OC)c(C(=O)OCC(=O)N2[C@H](C)CCC[C@@H]2C)c1. The molecule has 0 radical (unpaired) electrons. The summed E-state index contributed by atoms with van der Waals surface area (Å²) in [7, 11) is 2.99. The number of benzene rings is 1. The van der Waals surface area contributed by atoms with Gasteiger partial charge in [-0.05, 0) is 51.3 Å². The fourth-order valence-corrected chi connectivity index (χ4v) is 3.17. The maximum Gasteiger partial charge on any atom is 0.342 e. The summed E-state index contributed by atoms with van der Waals surface area (Å²) < 4.78 is 15.5. The molecular formula is C18H25NO5. The summed E-state index contributed by atoms with van der Waals surface area (Å²) in [5.74, 6) is 0.140. The Morgan fingerprint density at radius 2 is 1.79 bits per heavy atom. The van der Waals surface area contributed by atoms with Crippen LogP contribution in [0.1, 0.15) is 43.5 Å². The highest BCUT2D eigenvalue weighted by Gasteiger charge is 2.29. The molecule has 1 saturated heterocycles. The van der Waals surface area contributed by atoms with Gasteiger partial charge in [0.1, 0.15) is 17.1 Å². The van der Waals surface area contributed by atoms with Gasteiger partial charge in [-0.1, -0.05) is 0 Å². The van der Waals surface area contributed by atoms with E-state index in [2.05, 4.69) is 0 Å². The Hall–Kier alpha value is -2.24. The first kappa shape index (κ1) is 18.1. The highest BCUT2D eigenvalue weighted by Crippen LogP contribution is 2.25. The third-order valence-corrected chi connectivity index (χ3v) is 4.43. The van der Waals surface area contributed by atoms with E-state index in [0.29, 0.717) is 11.5 Å². The Kier molecular flexibility index (Phi) is 6.06. The quantitative estimate of drug-likeness (QED) is 0.774. The lowest BCUT2D eigenvalue weighted by Crippen LogP contribution is -2.49. The van der Waals surface area contributed by atoms with Crippen molar-refractivity contribution < 1.29 is 23.8 Å². The van der Waals surface area contributed by atoms with Crippen LogP contribution in [0.3, 0.4) is 0 Å². The molecule has 1 aromatic rings. The first-order chi connectivity index (χ1) is 11.5. The molecule has 2 rings (SSSR count). The largest absolute Gasteiger partial charge is 0.497 e. The fraction of sp³-hybridized carbons (Fsp3) is 0.556. The van der Waals surface area contributed by atoms with Crippen molar-refractivity contribution in [3.05, 3.63) is 23.8 Å². The second-order valence-electron chi connectivity index (χ2n) is 6.07. The molecule has 0 aliphatic carbocycles. The predicted octanol–water partition coefficient (Wildman–Crippen LogP) is 2.65. The number of methoxy groups -OCH3 is 2. The minimum Gasteiger partial charge on any atom is -0.497 e. The number of hydrogen-bond acceptors (Lipinski definition) is 5. The van der Waals surface area contributed by atoms with Crippen molar-refractivity contribution in [1.29, 1.82) is 0 Å². The number of nitrogens with zero attached hydrogens (tertiary/aromatic N) is 1. The summed E-state index contributed by atoms with van der Waals surface area (Å²) in [6, 6.07) is 5.21. The predicted molar refractivity (Wildman–Crippen MR) is 89.4 cm³/mol. The monoisotopic (exact) mass is 335 g/mol. The summed E-state index contributed by atoms with van der Waals surface area (Å²) in [5, 5.41) is 0. The van der Waals surface area contributed by atoms with Gasteiger partial charge in [0.05, 0.1) is 14.2 Å². The van der Waals surface area contributed by atoms with Crippen molar-refractivity contribution in [3.63, 3.8) is 0 Å². The first-order valence-corrected chi connectivity index (χ1v) is 8.18. The van der Waals surface area contributed by atoms with Crippen molar-refractivity contribution in [2.45, 2.75) is 45.2 Å². The molecule has 1 heterocycles. The molecule has 0 N–H and O–H groups in total. The smallest absolute Gasteiger partial charge is 0.342 e. The van der Waals surface area contributed by atoms with Crippen LogP contribution in [0.15, 0.2) is 18.2 Å². The Labute approximate surface area is 142 Å². The van der Waals surface area contributed by atoms with Gasteiger partial charge < -0.3 is 19.1 Å². The zero-order valence-electron chi connectivity index (χ0n) is 14.7. The van der Waals surface area contributed by atoms with Crippen molar-refractivity contribution >= 4 is 11.9 Å². The summed E-state index contributed by atoms with van der Waals surface area (Å²) in [6.07, 6.45) is 3.08. The van der Waals surface area contributed by atoms with E-state index >= 15 is 0 Å². The number of carbonyl (C=O) groups excluding carboxylic acids is 2. The molecule has 132 valence electrons. The number of rotatable bonds is 5. The minimum atomic E-state index is -0.601. The molecule has 0 aromatic heterocycles. The van der Waals surface area contributed by atoms with Crippen LogP contribution in [-0.2, 0) is 9.53 Å². The van der Waals surface area contributed by atoms with E-state index in [1.165, 1.54) is 20.3 Å². The molecule has 6 nitrogen and oxygen atoms in total. The normalized spacial score (nSPS) is 20.4. The third kappa shape index (κ3) is 3.99. The molecule has 0 unspecified atom stereocenters. The lowest BCUT2D eigenvalue weighted by atomic mass is 9.97. The Balaban J connectivity index is 2.03. The van der Waals surface area contributed by atoms with Gasteiger partial charge >= 0.3 is 5.97 Å². The summed E-state index contributed by atoms with van der Waals surface area (Å²) in [4.78, 5) is 26.6. The fourth-order valence-electron chi connectivity index (χ4n) is 3.17. The van der Waals surface area contributed by atoms with Gasteiger partial charge in [-0.15, -0.1) is 0 Å². The number of hydrogen-bond donors (Lipinski definition) is 0. The van der Waals surface area contributed by atoms with Gasteiger partial charge in [-0.25, -0.2) is 4.79 Å². The maximum absolute atomic E-state index is 12.4. The van der Waals surface area contributed by atoms with Crippen LogP contribution in [-0.4, -0.2) is 49.7 Å². The van der Waals surface area contributed by atoms with Crippen LogP contribution in [0.2, 0.25) is 0 Å². The number of carbonyl (C=O) groups is 2. The molecule has 0 bridgehead atoms. The lowest BCUT2D eigenvalue weighted by Gasteiger charge is -2.38. The standard InChI is InChI=1S/C18H25NO5/c1-12-6-5-7-13(2)19(12)17(20)11-24-18(21)15-10-14(22-3)8-9-16(15)23-4/h8-10,12-13H,5-7,11H2,1-4H3/t12-,13+. The van der Waals surface area contributed by atoms with Gasteiger partial charge in [0.2, 0.25) is 0 Å². The molecule has 0 spiro atoms. The van der Waals surface area contributed by atoms with Crippen molar-refractivity contribution in [2.75, 3.05) is 20.8 Å². The highest BCUT2D eigenvalue weighted by atomic mass is 16.5. The number of esters is 1. The average molecular weight is 335 g/mol. The first-order valence-electron chi connectivity index (χ1n) is 8.18. The highest BCUT2D eigenvalue weighted by molar-refractivity contribution is 5.94. The summed E-state index contributed by atoms with van der Waals surface area (Å²) in [6.45, 7) is 3.79. The molecule has 1 aliphatic rings. The lowest BCUT2D eigenvalue weighted by molar-refractivity contribution is -0.140. The van der Waals surface area contributed by atoms with Crippen LogP contribution in [0.4, 0.5) is 0 Å². The van der Waals surface area contributed by atoms with E-state index in [9.17, 15) is 9.59 Å². The van der Waals surface area contributed by atoms with Crippen LogP contribution in [0, 0.1) is 0 Å². The van der Waals surface area contributed by atoms with E-state index in [1.807, 2.05) is 18.7 Å². The van der Waals surface area contributed by atoms with Gasteiger partial charge in [-0.3, -0.25) is 4.79 Å². The van der Waals surface area contributed by atoms with Crippen LogP contribution >= 0.6 is 0 Å². The van der Waals surface area contributed by atoms with Gasteiger partial charge in [0.25, 0.3) is 5.91 Å². The molecule has 1 aliphatic heterocycles. The molecule has 6 heteroatoms. The zero-order valence-corrected chi connectivity index (χ0v) is 14.7. The maximum atomic E-state index is 12.4. The number of piperidine rings is 1. The van der Waals surface area contributed by atoms with Crippen molar-refractivity contribution in [2.24, 2.45) is 0 Å². The Bertz CT molecular complexity index is 591. The van der Waals surface area contributed by atoms with E-state index in [4.69, 9.17) is 14.2 Å².